The second-order valence-corrected chi connectivity index (χ2v) is 11.6. The molecule has 1 aromatic carbocycles. The third-order valence-corrected chi connectivity index (χ3v) is 8.71. The van der Waals surface area contributed by atoms with E-state index in [1.165, 1.54) is 17.5 Å². The summed E-state index contributed by atoms with van der Waals surface area (Å²) in [6, 6.07) is 5.65. The van der Waals surface area contributed by atoms with Crippen molar-refractivity contribution in [3.63, 3.8) is 0 Å². The number of sulfone groups is 1. The molecule has 1 saturated heterocycles. The number of benzene rings is 1. The van der Waals surface area contributed by atoms with Crippen molar-refractivity contribution < 1.29 is 26.4 Å². The molecule has 4 rings (SSSR count). The van der Waals surface area contributed by atoms with E-state index in [2.05, 4.69) is 10.2 Å². The highest BCUT2D eigenvalue weighted by Gasteiger charge is 2.36. The number of carbonyl (C=O) groups is 1. The quantitative estimate of drug-likeness (QED) is 0.670. The molecule has 2 aliphatic rings. The number of aromatic nitrogens is 2. The van der Waals surface area contributed by atoms with Crippen molar-refractivity contribution in [2.24, 2.45) is 0 Å². The fraction of sp³-hybridized carbons (Fsp3) is 0.500. The number of hydrogen-bond donors (Lipinski definition) is 1. The second kappa shape index (κ2) is 9.20. The standard InChI is InChI=1S/C24H28F3N3O3S/c1-15(2)34(32,33)14-16-7-8-19-21(13-16)28-29-22(19)23(31)30-11-9-17(10-12-30)18-5-3-4-6-20(18)24(25,26)27/h3-6,14-15,17H,7-13H2,1-2H3,(H,28,29)/b16-14-. The lowest BCUT2D eigenvalue weighted by Gasteiger charge is -2.33. The Labute approximate surface area is 197 Å². The van der Waals surface area contributed by atoms with Gasteiger partial charge in [0.15, 0.2) is 15.5 Å². The minimum atomic E-state index is -4.40. The fourth-order valence-electron chi connectivity index (χ4n) is 4.72. The van der Waals surface area contributed by atoms with Gasteiger partial charge in [0.05, 0.1) is 10.8 Å². The SMILES string of the molecule is CC(C)S(=O)(=O)/C=C1/CCc2c(C(=O)N3CCC(c4ccccc4C(F)(F)F)CC3)n[nH]c2C1. The van der Waals surface area contributed by atoms with Gasteiger partial charge in [-0.05, 0) is 57.1 Å². The summed E-state index contributed by atoms with van der Waals surface area (Å²) < 4.78 is 64.6. The van der Waals surface area contributed by atoms with Crippen LogP contribution >= 0.6 is 0 Å². The summed E-state index contributed by atoms with van der Waals surface area (Å²) in [5, 5.41) is 7.96. The number of amides is 1. The van der Waals surface area contributed by atoms with Gasteiger partial charge in [0.1, 0.15) is 0 Å². The van der Waals surface area contributed by atoms with Crippen LogP contribution in [0.25, 0.3) is 0 Å². The fourth-order valence-corrected chi connectivity index (χ4v) is 5.66. The van der Waals surface area contributed by atoms with Crippen molar-refractivity contribution >= 4 is 15.7 Å². The number of piperidine rings is 1. The van der Waals surface area contributed by atoms with Crippen LogP contribution in [0.5, 0.6) is 0 Å². The third-order valence-electron chi connectivity index (χ3n) is 6.73. The number of rotatable bonds is 4. The summed E-state index contributed by atoms with van der Waals surface area (Å²) in [5.41, 5.74) is 2.34. The average molecular weight is 496 g/mol. The Morgan fingerprint density at radius 3 is 2.50 bits per heavy atom. The Morgan fingerprint density at radius 2 is 1.85 bits per heavy atom. The lowest BCUT2D eigenvalue weighted by molar-refractivity contribution is -0.138. The molecular weight excluding hydrogens is 467 g/mol. The molecule has 1 amide bonds. The first-order valence-corrected chi connectivity index (χ1v) is 13.0. The van der Waals surface area contributed by atoms with Crippen LogP contribution in [0, 0.1) is 0 Å². The smallest absolute Gasteiger partial charge is 0.337 e. The topological polar surface area (TPSA) is 83.1 Å². The third kappa shape index (κ3) is 4.92. The molecule has 0 radical (unpaired) electrons. The van der Waals surface area contributed by atoms with Crippen molar-refractivity contribution in [3.8, 4) is 0 Å². The van der Waals surface area contributed by atoms with Gasteiger partial charge in [-0.15, -0.1) is 0 Å². The van der Waals surface area contributed by atoms with Gasteiger partial charge in [-0.2, -0.15) is 18.3 Å². The summed E-state index contributed by atoms with van der Waals surface area (Å²) in [6.45, 7) is 3.99. The van der Waals surface area contributed by atoms with Gasteiger partial charge in [0, 0.05) is 36.2 Å². The molecule has 1 aliphatic carbocycles. The maximum absolute atomic E-state index is 13.4. The van der Waals surface area contributed by atoms with Crippen LogP contribution in [0.2, 0.25) is 0 Å². The van der Waals surface area contributed by atoms with E-state index >= 15 is 0 Å². The van der Waals surface area contributed by atoms with Crippen molar-refractivity contribution in [1.29, 1.82) is 0 Å². The van der Waals surface area contributed by atoms with Gasteiger partial charge < -0.3 is 4.90 Å². The monoisotopic (exact) mass is 495 g/mol. The van der Waals surface area contributed by atoms with Crippen LogP contribution in [-0.2, 0) is 28.9 Å². The van der Waals surface area contributed by atoms with Crippen LogP contribution in [0.4, 0.5) is 13.2 Å². The molecule has 6 nitrogen and oxygen atoms in total. The zero-order valence-electron chi connectivity index (χ0n) is 19.2. The molecule has 0 bridgehead atoms. The Morgan fingerprint density at radius 1 is 1.18 bits per heavy atom. The van der Waals surface area contributed by atoms with E-state index in [1.54, 1.807) is 24.8 Å². The number of H-pyrrole nitrogens is 1. The van der Waals surface area contributed by atoms with E-state index in [0.717, 1.165) is 22.9 Å². The van der Waals surface area contributed by atoms with Crippen molar-refractivity contribution in [1.82, 2.24) is 15.1 Å². The Kier molecular flexibility index (Phi) is 6.63. The van der Waals surface area contributed by atoms with Crippen molar-refractivity contribution in [2.45, 2.75) is 63.3 Å². The molecule has 1 N–H and O–H groups in total. The van der Waals surface area contributed by atoms with Crippen LogP contribution in [0.1, 0.15) is 71.9 Å². The molecule has 0 spiro atoms. The number of hydrogen-bond acceptors (Lipinski definition) is 4. The highest BCUT2D eigenvalue weighted by atomic mass is 32.2. The normalized spacial score (nSPS) is 19.0. The van der Waals surface area contributed by atoms with Gasteiger partial charge in [-0.3, -0.25) is 9.89 Å². The first-order valence-electron chi connectivity index (χ1n) is 11.4. The van der Waals surface area contributed by atoms with Crippen molar-refractivity contribution in [2.75, 3.05) is 13.1 Å². The van der Waals surface area contributed by atoms with Gasteiger partial charge in [0.25, 0.3) is 5.91 Å². The summed E-state index contributed by atoms with van der Waals surface area (Å²) in [5.74, 6) is -0.493. The zero-order chi connectivity index (χ0) is 24.7. The van der Waals surface area contributed by atoms with Crippen molar-refractivity contribution in [3.05, 3.63) is 63.3 Å². The average Bonchev–Trinajstić information content (AvgIpc) is 3.21. The largest absolute Gasteiger partial charge is 0.416 e. The highest BCUT2D eigenvalue weighted by Crippen LogP contribution is 2.39. The van der Waals surface area contributed by atoms with Gasteiger partial charge in [-0.1, -0.05) is 23.8 Å². The summed E-state index contributed by atoms with van der Waals surface area (Å²) in [7, 11) is -3.31. The molecule has 0 atom stereocenters. The summed E-state index contributed by atoms with van der Waals surface area (Å²) in [4.78, 5) is 14.8. The predicted octanol–water partition coefficient (Wildman–Crippen LogP) is 4.64. The van der Waals surface area contributed by atoms with Crippen LogP contribution in [0.15, 0.2) is 35.2 Å². The number of fused-ring (bicyclic) bond motifs is 1. The first kappa shape index (κ1) is 24.5. The molecule has 2 aromatic rings. The molecule has 1 aliphatic heterocycles. The molecule has 2 heterocycles. The van der Waals surface area contributed by atoms with Crippen LogP contribution < -0.4 is 0 Å². The highest BCUT2D eigenvalue weighted by molar-refractivity contribution is 7.94. The number of carbonyl (C=O) groups excluding carboxylic acids is 1. The minimum Gasteiger partial charge on any atom is -0.337 e. The van der Waals surface area contributed by atoms with E-state index in [9.17, 15) is 26.4 Å². The lowest BCUT2D eigenvalue weighted by Crippen LogP contribution is -2.38. The molecule has 34 heavy (non-hydrogen) atoms. The molecule has 1 fully saturated rings. The van der Waals surface area contributed by atoms with E-state index in [1.807, 2.05) is 0 Å². The molecule has 1 aromatic heterocycles. The molecule has 0 unspecified atom stereocenters. The number of alkyl halides is 3. The molecule has 10 heteroatoms. The first-order chi connectivity index (χ1) is 16.0. The minimum absolute atomic E-state index is 0.234. The summed E-state index contributed by atoms with van der Waals surface area (Å²) >= 11 is 0. The number of nitrogens with one attached hydrogen (secondary N) is 1. The maximum atomic E-state index is 13.4. The van der Waals surface area contributed by atoms with E-state index in [4.69, 9.17) is 0 Å². The Bertz CT molecular complexity index is 1210. The molecule has 184 valence electrons. The van der Waals surface area contributed by atoms with E-state index in [0.29, 0.717) is 50.9 Å². The number of likely N-dealkylation sites (tertiary alicyclic amines) is 1. The van der Waals surface area contributed by atoms with E-state index < -0.39 is 26.8 Å². The molecular formula is C24H28F3N3O3S. The van der Waals surface area contributed by atoms with E-state index in [-0.39, 0.29) is 17.4 Å². The zero-order valence-corrected chi connectivity index (χ0v) is 20.0. The van der Waals surface area contributed by atoms with Crippen LogP contribution in [-0.4, -0.2) is 47.8 Å². The van der Waals surface area contributed by atoms with Crippen LogP contribution in [0.3, 0.4) is 0 Å². The predicted molar refractivity (Wildman–Crippen MR) is 122 cm³/mol. The van der Waals surface area contributed by atoms with Gasteiger partial charge in [0.2, 0.25) is 0 Å². The number of aromatic amines is 1. The Balaban J connectivity index is 1.45. The lowest BCUT2D eigenvalue weighted by atomic mass is 9.86. The number of nitrogens with zero attached hydrogens (tertiary/aromatic N) is 2. The summed E-state index contributed by atoms with van der Waals surface area (Å²) in [6.07, 6.45) is -2.05. The number of allylic oxidation sites excluding steroid dienone is 1. The Hall–Kier alpha value is -2.62. The number of halogens is 3. The van der Waals surface area contributed by atoms with Gasteiger partial charge in [-0.25, -0.2) is 8.42 Å². The maximum Gasteiger partial charge on any atom is 0.416 e. The molecule has 0 saturated carbocycles. The second-order valence-electron chi connectivity index (χ2n) is 9.27. The van der Waals surface area contributed by atoms with Gasteiger partial charge >= 0.3 is 6.18 Å².